The zero-order valence-corrected chi connectivity index (χ0v) is 7.99. The Kier molecular flexibility index (Phi) is 1.53. The lowest BCUT2D eigenvalue weighted by Crippen LogP contribution is -1.78. The fraction of sp³-hybridized carbons (Fsp3) is 0. The van der Waals surface area contributed by atoms with Crippen LogP contribution in [0.25, 0.3) is 21.1 Å². The van der Waals surface area contributed by atoms with Gasteiger partial charge in [0, 0.05) is 11.6 Å². The summed E-state index contributed by atoms with van der Waals surface area (Å²) in [7, 11) is -1.13. The van der Waals surface area contributed by atoms with Gasteiger partial charge in [-0.05, 0) is 22.9 Å². The number of hydrogen-bond donors (Lipinski definition) is 0. The molecule has 0 bridgehead atoms. The van der Waals surface area contributed by atoms with Crippen LogP contribution in [0.5, 0.6) is 0 Å². The summed E-state index contributed by atoms with van der Waals surface area (Å²) in [5, 5.41) is 1.00. The molecule has 1 unspecified atom stereocenters. The van der Waals surface area contributed by atoms with Crippen molar-refractivity contribution in [2.75, 3.05) is 0 Å². The van der Waals surface area contributed by atoms with Gasteiger partial charge in [0.05, 0.1) is 0 Å². The van der Waals surface area contributed by atoms with Crippen molar-refractivity contribution < 1.29 is 4.55 Å². The second-order valence-electron chi connectivity index (χ2n) is 3.02. The molecular weight excluding hydrogens is 196 g/mol. The van der Waals surface area contributed by atoms with Gasteiger partial charge in [0.15, 0.2) is 0 Å². The minimum Gasteiger partial charge on any atom is -0.589 e. The van der Waals surface area contributed by atoms with Crippen LogP contribution in [0.4, 0.5) is 0 Å². The van der Waals surface area contributed by atoms with Crippen molar-refractivity contribution >= 4 is 31.9 Å². The molecule has 0 aliphatic heterocycles. The molecule has 0 amide bonds. The van der Waals surface area contributed by atoms with Gasteiger partial charge in [-0.3, -0.25) is 4.98 Å². The Morgan fingerprint density at radius 2 is 2.07 bits per heavy atom. The standard InChI is InChI=1S/C10H6N2OS/c13-14-6-12-8-4-3-7-2-1-5-11-9(7)10(8)14/h1-6H. The van der Waals surface area contributed by atoms with Crippen LogP contribution in [0, 0.1) is 0 Å². The summed E-state index contributed by atoms with van der Waals surface area (Å²) in [5.74, 6) is 0. The molecule has 0 N–H and O–H groups in total. The second-order valence-corrected chi connectivity index (χ2v) is 4.23. The molecule has 68 valence electrons. The summed E-state index contributed by atoms with van der Waals surface area (Å²) in [6.45, 7) is 0. The van der Waals surface area contributed by atoms with Crippen LogP contribution in [0.3, 0.4) is 0 Å². The van der Waals surface area contributed by atoms with Crippen LogP contribution in [0.15, 0.2) is 36.0 Å². The van der Waals surface area contributed by atoms with E-state index in [4.69, 9.17) is 0 Å². The molecule has 0 radical (unpaired) electrons. The Balaban J connectivity index is 2.65. The number of benzene rings is 1. The second kappa shape index (κ2) is 2.73. The summed E-state index contributed by atoms with van der Waals surface area (Å²) in [6, 6.07) is 7.65. The lowest BCUT2D eigenvalue weighted by molar-refractivity contribution is 0.599. The van der Waals surface area contributed by atoms with E-state index in [9.17, 15) is 4.55 Å². The highest BCUT2D eigenvalue weighted by Crippen LogP contribution is 2.31. The fourth-order valence-electron chi connectivity index (χ4n) is 1.57. The average Bonchev–Trinajstić information content (AvgIpc) is 2.61. The largest absolute Gasteiger partial charge is 0.589 e. The number of pyridine rings is 1. The third-order valence-electron chi connectivity index (χ3n) is 2.20. The molecule has 1 atom stereocenters. The number of fused-ring (bicyclic) bond motifs is 3. The molecule has 0 fully saturated rings. The van der Waals surface area contributed by atoms with Crippen LogP contribution in [-0.2, 0) is 0 Å². The zero-order chi connectivity index (χ0) is 9.54. The number of thiazole rings is 1. The monoisotopic (exact) mass is 202 g/mol. The van der Waals surface area contributed by atoms with E-state index in [2.05, 4.69) is 9.97 Å². The van der Waals surface area contributed by atoms with E-state index < -0.39 is 10.8 Å². The van der Waals surface area contributed by atoms with E-state index in [1.807, 2.05) is 24.3 Å². The molecular formula is C10H6N2OS. The van der Waals surface area contributed by atoms with Gasteiger partial charge >= 0.3 is 0 Å². The van der Waals surface area contributed by atoms with Crippen molar-refractivity contribution in [3.8, 4) is 0 Å². The van der Waals surface area contributed by atoms with Gasteiger partial charge in [0.25, 0.3) is 0 Å². The van der Waals surface area contributed by atoms with Crippen molar-refractivity contribution in [1.29, 1.82) is 0 Å². The zero-order valence-electron chi connectivity index (χ0n) is 7.18. The van der Waals surface area contributed by atoms with Gasteiger partial charge in [0.2, 0.25) is 10.2 Å². The van der Waals surface area contributed by atoms with Crippen molar-refractivity contribution in [3.63, 3.8) is 0 Å². The first-order valence-electron chi connectivity index (χ1n) is 4.19. The van der Waals surface area contributed by atoms with Crippen LogP contribution in [-0.4, -0.2) is 14.5 Å². The molecule has 2 heterocycles. The first-order valence-corrected chi connectivity index (χ1v) is 5.40. The molecule has 3 aromatic rings. The van der Waals surface area contributed by atoms with Gasteiger partial charge < -0.3 is 4.55 Å². The third-order valence-corrected chi connectivity index (χ3v) is 3.30. The van der Waals surface area contributed by atoms with Gasteiger partial charge in [-0.15, -0.1) is 0 Å². The van der Waals surface area contributed by atoms with Gasteiger partial charge in [-0.25, -0.2) is 0 Å². The lowest BCUT2D eigenvalue weighted by Gasteiger charge is -1.95. The van der Waals surface area contributed by atoms with Crippen LogP contribution in [0.1, 0.15) is 0 Å². The maximum absolute atomic E-state index is 11.6. The van der Waals surface area contributed by atoms with E-state index in [1.54, 1.807) is 6.20 Å². The van der Waals surface area contributed by atoms with E-state index in [1.165, 1.54) is 5.51 Å². The first kappa shape index (κ1) is 7.84. The Bertz CT molecular complexity index is 618. The van der Waals surface area contributed by atoms with E-state index in [0.717, 1.165) is 21.1 Å². The SMILES string of the molecule is [O-][s+]1cnc2ccc3cccnc3c21. The van der Waals surface area contributed by atoms with Gasteiger partial charge in [0.1, 0.15) is 11.0 Å². The van der Waals surface area contributed by atoms with Gasteiger partial charge in [-0.2, -0.15) is 4.98 Å². The van der Waals surface area contributed by atoms with Crippen molar-refractivity contribution in [2.45, 2.75) is 0 Å². The van der Waals surface area contributed by atoms with Crippen LogP contribution < -0.4 is 0 Å². The summed E-state index contributed by atoms with van der Waals surface area (Å²) >= 11 is 0. The molecule has 2 aromatic heterocycles. The predicted molar refractivity (Wildman–Crippen MR) is 55.7 cm³/mol. The van der Waals surface area contributed by atoms with E-state index in [-0.39, 0.29) is 0 Å². The number of aromatic nitrogens is 2. The van der Waals surface area contributed by atoms with Crippen molar-refractivity contribution in [1.82, 2.24) is 9.97 Å². The Morgan fingerprint density at radius 3 is 3.00 bits per heavy atom. The molecule has 1 aromatic carbocycles. The fourth-order valence-corrected chi connectivity index (χ4v) is 2.57. The first-order chi connectivity index (χ1) is 6.86. The summed E-state index contributed by atoms with van der Waals surface area (Å²) < 4.78 is 12.3. The molecule has 3 rings (SSSR count). The highest BCUT2D eigenvalue weighted by Gasteiger charge is 2.11. The quantitative estimate of drug-likeness (QED) is 0.526. The predicted octanol–water partition coefficient (Wildman–Crippen LogP) is 2.51. The Labute approximate surface area is 82.8 Å². The molecule has 0 saturated heterocycles. The Morgan fingerprint density at radius 1 is 1.14 bits per heavy atom. The minimum absolute atomic E-state index is 0.739. The molecule has 0 aliphatic carbocycles. The summed E-state index contributed by atoms with van der Waals surface area (Å²) in [4.78, 5) is 8.30. The highest BCUT2D eigenvalue weighted by atomic mass is 32.2. The minimum atomic E-state index is -1.13. The van der Waals surface area contributed by atoms with Crippen molar-refractivity contribution in [3.05, 3.63) is 36.0 Å². The Hall–Kier alpha value is -1.52. The van der Waals surface area contributed by atoms with Crippen LogP contribution >= 0.6 is 10.8 Å². The van der Waals surface area contributed by atoms with Crippen LogP contribution in [0.2, 0.25) is 0 Å². The van der Waals surface area contributed by atoms with E-state index in [0.29, 0.717) is 0 Å². The maximum atomic E-state index is 11.6. The molecule has 3 nitrogen and oxygen atoms in total. The van der Waals surface area contributed by atoms with E-state index >= 15 is 0 Å². The van der Waals surface area contributed by atoms with Crippen molar-refractivity contribution in [2.24, 2.45) is 0 Å². The summed E-state index contributed by atoms with van der Waals surface area (Å²) in [5.41, 5.74) is 3.02. The molecule has 14 heavy (non-hydrogen) atoms. The lowest BCUT2D eigenvalue weighted by atomic mass is 10.2. The average molecular weight is 202 g/mol. The third kappa shape index (κ3) is 0.950. The number of nitrogens with zero attached hydrogens (tertiary/aromatic N) is 2. The number of hydrogen-bond acceptors (Lipinski definition) is 3. The smallest absolute Gasteiger partial charge is 0.229 e. The molecule has 0 spiro atoms. The molecule has 0 aliphatic rings. The molecule has 0 saturated carbocycles. The molecule has 4 heteroatoms. The topological polar surface area (TPSA) is 48.8 Å². The summed E-state index contributed by atoms with van der Waals surface area (Å²) in [6.07, 6.45) is 1.71. The van der Waals surface area contributed by atoms with Gasteiger partial charge in [-0.1, -0.05) is 12.1 Å². The number of rotatable bonds is 0. The maximum Gasteiger partial charge on any atom is 0.229 e. The normalized spacial score (nSPS) is 12.5. The highest BCUT2D eigenvalue weighted by molar-refractivity contribution is 7.30.